The molecule has 2 rings (SSSR count). The van der Waals surface area contributed by atoms with Gasteiger partial charge in [-0.25, -0.2) is 4.79 Å². The van der Waals surface area contributed by atoms with E-state index in [0.717, 1.165) is 25.7 Å². The number of hydrogen-bond donors (Lipinski definition) is 3. The van der Waals surface area contributed by atoms with E-state index in [1.807, 2.05) is 0 Å². The lowest BCUT2D eigenvalue weighted by molar-refractivity contribution is -0.143. The monoisotopic (exact) mass is 240 g/mol. The number of aliphatic carboxylic acids is 1. The molecule has 0 heterocycles. The number of rotatable bonds is 3. The molecule has 96 valence electrons. The van der Waals surface area contributed by atoms with Gasteiger partial charge in [-0.15, -0.1) is 0 Å². The number of carbonyl (C=O) groups excluding carboxylic acids is 1. The van der Waals surface area contributed by atoms with Gasteiger partial charge in [0.05, 0.1) is 5.92 Å². The summed E-state index contributed by atoms with van der Waals surface area (Å²) in [7, 11) is 0. The van der Waals surface area contributed by atoms with Crippen LogP contribution in [0, 0.1) is 11.8 Å². The van der Waals surface area contributed by atoms with Gasteiger partial charge in [0.15, 0.2) is 0 Å². The summed E-state index contributed by atoms with van der Waals surface area (Å²) in [5, 5.41) is 14.8. The third kappa shape index (κ3) is 3.11. The second-order valence-electron chi connectivity index (χ2n) is 5.27. The number of hydrogen-bond acceptors (Lipinski definition) is 2. The van der Waals surface area contributed by atoms with Gasteiger partial charge in [0.2, 0.25) is 0 Å². The largest absolute Gasteiger partial charge is 0.481 e. The van der Waals surface area contributed by atoms with Crippen LogP contribution in [0.1, 0.15) is 39.0 Å². The van der Waals surface area contributed by atoms with E-state index >= 15 is 0 Å². The molecule has 4 atom stereocenters. The molecule has 0 aromatic heterocycles. The number of carboxylic acids is 1. The third-order valence-electron chi connectivity index (χ3n) is 3.83. The lowest BCUT2D eigenvalue weighted by atomic mass is 9.84. The van der Waals surface area contributed by atoms with Crippen molar-refractivity contribution in [1.82, 2.24) is 10.6 Å². The molecule has 0 aliphatic heterocycles. The molecular formula is C12H20N2O3. The van der Waals surface area contributed by atoms with Crippen molar-refractivity contribution in [2.24, 2.45) is 11.8 Å². The van der Waals surface area contributed by atoms with Gasteiger partial charge in [-0.3, -0.25) is 4.79 Å². The van der Waals surface area contributed by atoms with Crippen LogP contribution in [-0.4, -0.2) is 29.2 Å². The zero-order chi connectivity index (χ0) is 12.4. The van der Waals surface area contributed by atoms with Crippen LogP contribution in [0.15, 0.2) is 0 Å². The molecule has 0 radical (unpaired) electrons. The number of nitrogens with one attached hydrogen (secondary N) is 2. The Morgan fingerprint density at radius 1 is 1.12 bits per heavy atom. The van der Waals surface area contributed by atoms with Crippen molar-refractivity contribution in [2.45, 2.75) is 51.1 Å². The molecule has 2 saturated carbocycles. The Morgan fingerprint density at radius 2 is 1.71 bits per heavy atom. The summed E-state index contributed by atoms with van der Waals surface area (Å²) in [6.07, 6.45) is 4.40. The highest BCUT2D eigenvalue weighted by Gasteiger charge is 2.36. The molecule has 2 fully saturated rings. The first kappa shape index (κ1) is 12.2. The normalized spacial score (nSPS) is 36.1. The second-order valence-corrected chi connectivity index (χ2v) is 5.27. The highest BCUT2D eigenvalue weighted by atomic mass is 16.4. The standard InChI is InChI=1S/C12H20N2O3/c1-7-6-10(7)14-12(17)13-9-5-3-2-4-8(9)11(15)16/h7-10H,2-6H2,1H3,(H,15,16)(H2,13,14,17). The Labute approximate surface area is 101 Å². The van der Waals surface area contributed by atoms with Crippen LogP contribution in [0.4, 0.5) is 4.79 Å². The summed E-state index contributed by atoms with van der Waals surface area (Å²) in [5.41, 5.74) is 0. The Bertz CT molecular complexity index is 319. The van der Waals surface area contributed by atoms with E-state index in [9.17, 15) is 9.59 Å². The lowest BCUT2D eigenvalue weighted by Crippen LogP contribution is -2.49. The summed E-state index contributed by atoms with van der Waals surface area (Å²) in [4.78, 5) is 22.7. The van der Waals surface area contributed by atoms with Gasteiger partial charge in [0, 0.05) is 12.1 Å². The van der Waals surface area contributed by atoms with Crippen LogP contribution in [0.5, 0.6) is 0 Å². The first-order valence-electron chi connectivity index (χ1n) is 6.37. The first-order valence-corrected chi connectivity index (χ1v) is 6.37. The molecule has 0 spiro atoms. The fraction of sp³-hybridized carbons (Fsp3) is 0.833. The van der Waals surface area contributed by atoms with Crippen molar-refractivity contribution in [3.63, 3.8) is 0 Å². The van der Waals surface area contributed by atoms with Crippen LogP contribution < -0.4 is 10.6 Å². The van der Waals surface area contributed by atoms with E-state index in [2.05, 4.69) is 17.6 Å². The Balaban J connectivity index is 1.82. The Hall–Kier alpha value is -1.26. The van der Waals surface area contributed by atoms with Crippen molar-refractivity contribution in [3.05, 3.63) is 0 Å². The fourth-order valence-electron chi connectivity index (χ4n) is 2.50. The van der Waals surface area contributed by atoms with Gasteiger partial charge in [0.25, 0.3) is 0 Å². The predicted octanol–water partition coefficient (Wildman–Crippen LogP) is 1.34. The van der Waals surface area contributed by atoms with E-state index in [0.29, 0.717) is 12.3 Å². The topological polar surface area (TPSA) is 78.4 Å². The van der Waals surface area contributed by atoms with Crippen molar-refractivity contribution in [1.29, 1.82) is 0 Å². The quantitative estimate of drug-likeness (QED) is 0.696. The van der Waals surface area contributed by atoms with E-state index in [4.69, 9.17) is 5.11 Å². The molecule has 0 bridgehead atoms. The van der Waals surface area contributed by atoms with Crippen molar-refractivity contribution < 1.29 is 14.7 Å². The highest BCUT2D eigenvalue weighted by molar-refractivity contribution is 5.77. The van der Waals surface area contributed by atoms with E-state index < -0.39 is 11.9 Å². The highest BCUT2D eigenvalue weighted by Crippen LogP contribution is 2.29. The maximum absolute atomic E-state index is 11.7. The average Bonchev–Trinajstić information content (AvgIpc) is 2.94. The van der Waals surface area contributed by atoms with Gasteiger partial charge in [0.1, 0.15) is 0 Å². The summed E-state index contributed by atoms with van der Waals surface area (Å²) in [6.45, 7) is 2.09. The van der Waals surface area contributed by atoms with E-state index in [1.165, 1.54) is 0 Å². The van der Waals surface area contributed by atoms with Gasteiger partial charge >= 0.3 is 12.0 Å². The molecule has 5 nitrogen and oxygen atoms in total. The number of amides is 2. The Kier molecular flexibility index (Phi) is 3.54. The summed E-state index contributed by atoms with van der Waals surface area (Å²) in [5.74, 6) is -0.664. The summed E-state index contributed by atoms with van der Waals surface area (Å²) >= 11 is 0. The molecule has 0 aromatic rings. The zero-order valence-corrected chi connectivity index (χ0v) is 10.1. The summed E-state index contributed by atoms with van der Waals surface area (Å²) in [6, 6.07) is -0.144. The molecule has 2 amide bonds. The minimum absolute atomic E-state index is 0.211. The number of carbonyl (C=O) groups is 2. The smallest absolute Gasteiger partial charge is 0.315 e. The predicted molar refractivity (Wildman–Crippen MR) is 62.6 cm³/mol. The summed E-state index contributed by atoms with van der Waals surface area (Å²) < 4.78 is 0. The maximum Gasteiger partial charge on any atom is 0.315 e. The lowest BCUT2D eigenvalue weighted by Gasteiger charge is -2.29. The molecule has 5 heteroatoms. The number of urea groups is 1. The van der Waals surface area contributed by atoms with E-state index in [1.54, 1.807) is 0 Å². The zero-order valence-electron chi connectivity index (χ0n) is 10.1. The van der Waals surface area contributed by atoms with Gasteiger partial charge in [-0.2, -0.15) is 0 Å². The SMILES string of the molecule is CC1CC1NC(=O)NC1CCCCC1C(=O)O. The van der Waals surface area contributed by atoms with Crippen LogP contribution in [0.2, 0.25) is 0 Å². The third-order valence-corrected chi connectivity index (χ3v) is 3.83. The molecule has 3 N–H and O–H groups in total. The van der Waals surface area contributed by atoms with Crippen LogP contribution >= 0.6 is 0 Å². The molecule has 0 aromatic carbocycles. The molecule has 17 heavy (non-hydrogen) atoms. The van der Waals surface area contributed by atoms with Crippen molar-refractivity contribution in [3.8, 4) is 0 Å². The van der Waals surface area contributed by atoms with E-state index in [-0.39, 0.29) is 18.1 Å². The number of carboxylic acid groups (broad SMARTS) is 1. The first-order chi connectivity index (χ1) is 8.08. The molecule has 4 unspecified atom stereocenters. The molecule has 2 aliphatic rings. The van der Waals surface area contributed by atoms with Crippen molar-refractivity contribution >= 4 is 12.0 Å². The molecule has 0 saturated heterocycles. The fourth-order valence-corrected chi connectivity index (χ4v) is 2.50. The van der Waals surface area contributed by atoms with Crippen LogP contribution in [-0.2, 0) is 4.79 Å². The van der Waals surface area contributed by atoms with Crippen molar-refractivity contribution in [2.75, 3.05) is 0 Å². The molecular weight excluding hydrogens is 220 g/mol. The van der Waals surface area contributed by atoms with Gasteiger partial charge in [-0.05, 0) is 25.2 Å². The van der Waals surface area contributed by atoms with Gasteiger partial charge in [-0.1, -0.05) is 19.8 Å². The minimum Gasteiger partial charge on any atom is -0.481 e. The van der Waals surface area contributed by atoms with Crippen LogP contribution in [0.25, 0.3) is 0 Å². The minimum atomic E-state index is -0.796. The maximum atomic E-state index is 11.7. The van der Waals surface area contributed by atoms with Gasteiger partial charge < -0.3 is 15.7 Å². The second kappa shape index (κ2) is 4.94. The Morgan fingerprint density at radius 3 is 2.29 bits per heavy atom. The molecule has 2 aliphatic carbocycles. The van der Waals surface area contributed by atoms with Crippen LogP contribution in [0.3, 0.4) is 0 Å². The average molecular weight is 240 g/mol.